The summed E-state index contributed by atoms with van der Waals surface area (Å²) in [4.78, 5) is 13.8. The number of aromatic nitrogens is 5. The van der Waals surface area contributed by atoms with Gasteiger partial charge in [-0.3, -0.25) is 9.47 Å². The van der Waals surface area contributed by atoms with Crippen molar-refractivity contribution >= 4 is 17.5 Å². The monoisotopic (exact) mass is 465 g/mol. The van der Waals surface area contributed by atoms with Gasteiger partial charge in [-0.25, -0.2) is 9.97 Å². The third-order valence-corrected chi connectivity index (χ3v) is 7.32. The van der Waals surface area contributed by atoms with Gasteiger partial charge in [0.15, 0.2) is 5.82 Å². The van der Waals surface area contributed by atoms with Gasteiger partial charge in [0.05, 0.1) is 18.8 Å². The fourth-order valence-corrected chi connectivity index (χ4v) is 5.46. The Morgan fingerprint density at radius 2 is 1.85 bits per heavy atom. The lowest BCUT2D eigenvalue weighted by atomic mass is 9.95. The molecule has 3 aliphatic heterocycles. The van der Waals surface area contributed by atoms with E-state index in [-0.39, 0.29) is 0 Å². The SMILES string of the molecule is Cc1cnc(N2CCC(c3nnc4n3-c3ccc(Cl)cc3CN(C3CCOC3)C4)CC2)nc1. The van der Waals surface area contributed by atoms with Crippen LogP contribution in [0, 0.1) is 6.92 Å². The highest BCUT2D eigenvalue weighted by molar-refractivity contribution is 6.30. The molecular weight excluding hydrogens is 438 g/mol. The summed E-state index contributed by atoms with van der Waals surface area (Å²) in [6.07, 6.45) is 6.82. The van der Waals surface area contributed by atoms with Crippen LogP contribution < -0.4 is 4.90 Å². The molecule has 0 bridgehead atoms. The first-order chi connectivity index (χ1) is 16.2. The number of aryl methyl sites for hydroxylation is 1. The van der Waals surface area contributed by atoms with Crippen LogP contribution in [-0.2, 0) is 17.8 Å². The second kappa shape index (κ2) is 8.66. The van der Waals surface area contributed by atoms with E-state index >= 15 is 0 Å². The smallest absolute Gasteiger partial charge is 0.225 e. The Balaban J connectivity index is 1.29. The highest BCUT2D eigenvalue weighted by atomic mass is 35.5. The first-order valence-electron chi connectivity index (χ1n) is 11.7. The molecule has 2 aromatic heterocycles. The number of fused-ring (bicyclic) bond motifs is 3. The lowest BCUT2D eigenvalue weighted by Crippen LogP contribution is -2.35. The summed E-state index contributed by atoms with van der Waals surface area (Å²) in [6.45, 7) is 7.04. The molecule has 0 saturated carbocycles. The topological polar surface area (TPSA) is 72.2 Å². The van der Waals surface area contributed by atoms with E-state index in [0.29, 0.717) is 12.0 Å². The Morgan fingerprint density at radius 1 is 1.03 bits per heavy atom. The Labute approximate surface area is 198 Å². The van der Waals surface area contributed by atoms with Gasteiger partial charge in [0.25, 0.3) is 0 Å². The minimum Gasteiger partial charge on any atom is -0.380 e. The molecule has 9 heteroatoms. The lowest BCUT2D eigenvalue weighted by Gasteiger charge is -2.31. The summed E-state index contributed by atoms with van der Waals surface area (Å²) in [5.41, 5.74) is 3.46. The van der Waals surface area contributed by atoms with Crippen LogP contribution in [-0.4, -0.2) is 62.0 Å². The summed E-state index contributed by atoms with van der Waals surface area (Å²) >= 11 is 6.41. The Kier molecular flexibility index (Phi) is 5.52. The molecule has 0 amide bonds. The molecule has 2 fully saturated rings. The Bertz CT molecular complexity index is 1130. The molecule has 1 atom stereocenters. The van der Waals surface area contributed by atoms with Crippen molar-refractivity contribution in [1.82, 2.24) is 29.6 Å². The summed E-state index contributed by atoms with van der Waals surface area (Å²) in [6, 6.07) is 6.59. The molecule has 3 aromatic rings. The standard InChI is InChI=1S/C24H28ClN7O/c1-16-11-26-24(27-12-16)30-7-4-17(5-8-30)23-29-28-22-14-31(20-6-9-33-15-20)13-18-10-19(25)2-3-21(18)32(22)23/h2-3,10-12,17,20H,4-9,13-15H2,1H3. The van der Waals surface area contributed by atoms with Crippen molar-refractivity contribution in [2.45, 2.75) is 51.2 Å². The number of nitrogens with zero attached hydrogens (tertiary/aromatic N) is 7. The number of ether oxygens (including phenoxy) is 1. The molecule has 0 spiro atoms. The zero-order valence-corrected chi connectivity index (χ0v) is 19.6. The minimum absolute atomic E-state index is 0.345. The van der Waals surface area contributed by atoms with Crippen molar-refractivity contribution < 1.29 is 4.74 Å². The molecule has 3 aliphatic rings. The van der Waals surface area contributed by atoms with Gasteiger partial charge >= 0.3 is 0 Å². The maximum absolute atomic E-state index is 6.41. The van der Waals surface area contributed by atoms with Gasteiger partial charge in [-0.2, -0.15) is 0 Å². The maximum Gasteiger partial charge on any atom is 0.225 e. The average Bonchev–Trinajstić information content (AvgIpc) is 3.48. The number of rotatable bonds is 3. The largest absolute Gasteiger partial charge is 0.380 e. The van der Waals surface area contributed by atoms with Gasteiger partial charge in [-0.1, -0.05) is 11.6 Å². The third-order valence-electron chi connectivity index (χ3n) is 7.09. The van der Waals surface area contributed by atoms with Crippen LogP contribution in [0.1, 0.15) is 48.0 Å². The number of piperidine rings is 1. The number of hydrogen-bond acceptors (Lipinski definition) is 7. The van der Waals surface area contributed by atoms with Crippen LogP contribution in [0.4, 0.5) is 5.95 Å². The highest BCUT2D eigenvalue weighted by Gasteiger charge is 2.33. The molecular formula is C24H28ClN7O. The average molecular weight is 466 g/mol. The second-order valence-electron chi connectivity index (χ2n) is 9.33. The van der Waals surface area contributed by atoms with E-state index in [4.69, 9.17) is 21.4 Å². The molecule has 172 valence electrons. The van der Waals surface area contributed by atoms with E-state index in [2.05, 4.69) is 41.6 Å². The van der Waals surface area contributed by atoms with Gasteiger partial charge in [-0.15, -0.1) is 10.2 Å². The van der Waals surface area contributed by atoms with Crippen LogP contribution in [0.3, 0.4) is 0 Å². The van der Waals surface area contributed by atoms with E-state index < -0.39 is 0 Å². The van der Waals surface area contributed by atoms with Crippen LogP contribution in [0.5, 0.6) is 0 Å². The fourth-order valence-electron chi connectivity index (χ4n) is 5.27. The molecule has 5 heterocycles. The lowest BCUT2D eigenvalue weighted by molar-refractivity contribution is 0.133. The Hall–Kier alpha value is -2.55. The fraction of sp³-hybridized carbons (Fsp3) is 0.500. The zero-order valence-electron chi connectivity index (χ0n) is 18.8. The zero-order chi connectivity index (χ0) is 22.4. The third kappa shape index (κ3) is 4.00. The van der Waals surface area contributed by atoms with Crippen LogP contribution in [0.15, 0.2) is 30.6 Å². The van der Waals surface area contributed by atoms with E-state index in [0.717, 1.165) is 92.5 Å². The number of halogens is 1. The van der Waals surface area contributed by atoms with Gasteiger partial charge in [0, 0.05) is 55.6 Å². The van der Waals surface area contributed by atoms with Crippen LogP contribution in [0.25, 0.3) is 5.69 Å². The maximum atomic E-state index is 6.41. The molecule has 2 saturated heterocycles. The summed E-state index contributed by atoms with van der Waals surface area (Å²) < 4.78 is 7.97. The van der Waals surface area contributed by atoms with Crippen molar-refractivity contribution in [3.63, 3.8) is 0 Å². The van der Waals surface area contributed by atoms with Crippen LogP contribution >= 0.6 is 11.6 Å². The molecule has 8 nitrogen and oxygen atoms in total. The quantitative estimate of drug-likeness (QED) is 0.586. The Morgan fingerprint density at radius 3 is 2.61 bits per heavy atom. The van der Waals surface area contributed by atoms with Crippen molar-refractivity contribution in [2.75, 3.05) is 31.2 Å². The number of hydrogen-bond donors (Lipinski definition) is 0. The predicted molar refractivity (Wildman–Crippen MR) is 126 cm³/mol. The molecule has 0 N–H and O–H groups in total. The first-order valence-corrected chi connectivity index (χ1v) is 12.1. The second-order valence-corrected chi connectivity index (χ2v) is 9.76. The molecule has 1 unspecified atom stereocenters. The summed E-state index contributed by atoms with van der Waals surface area (Å²) in [5, 5.41) is 10.2. The van der Waals surface area contributed by atoms with Crippen molar-refractivity contribution in [3.8, 4) is 5.69 Å². The number of anilines is 1. The van der Waals surface area contributed by atoms with Gasteiger partial charge in [0.1, 0.15) is 5.82 Å². The summed E-state index contributed by atoms with van der Waals surface area (Å²) in [7, 11) is 0. The molecule has 33 heavy (non-hydrogen) atoms. The van der Waals surface area contributed by atoms with E-state index in [1.807, 2.05) is 25.4 Å². The first kappa shape index (κ1) is 21.0. The molecule has 0 aliphatic carbocycles. The van der Waals surface area contributed by atoms with Gasteiger partial charge in [-0.05, 0) is 55.5 Å². The van der Waals surface area contributed by atoms with Crippen molar-refractivity contribution in [3.05, 3.63) is 58.4 Å². The van der Waals surface area contributed by atoms with E-state index in [1.165, 1.54) is 5.56 Å². The number of benzene rings is 1. The normalized spacial score (nSPS) is 21.6. The van der Waals surface area contributed by atoms with Gasteiger partial charge in [0.2, 0.25) is 5.95 Å². The van der Waals surface area contributed by atoms with E-state index in [9.17, 15) is 0 Å². The molecule has 6 rings (SSSR count). The van der Waals surface area contributed by atoms with Crippen molar-refractivity contribution in [2.24, 2.45) is 0 Å². The minimum atomic E-state index is 0.345. The summed E-state index contributed by atoms with van der Waals surface area (Å²) in [5.74, 6) is 3.22. The molecule has 1 aromatic carbocycles. The van der Waals surface area contributed by atoms with Gasteiger partial charge < -0.3 is 9.64 Å². The van der Waals surface area contributed by atoms with E-state index in [1.54, 1.807) is 0 Å². The van der Waals surface area contributed by atoms with Crippen LogP contribution in [0.2, 0.25) is 5.02 Å². The predicted octanol–water partition coefficient (Wildman–Crippen LogP) is 3.51. The molecule has 0 radical (unpaired) electrons. The highest BCUT2D eigenvalue weighted by Crippen LogP contribution is 2.35. The van der Waals surface area contributed by atoms with Crippen molar-refractivity contribution in [1.29, 1.82) is 0 Å².